The first-order valence-corrected chi connectivity index (χ1v) is 5.80. The number of benzene rings is 1. The van der Waals surface area contributed by atoms with Gasteiger partial charge in [-0.1, -0.05) is 6.07 Å². The highest BCUT2D eigenvalue weighted by Gasteiger charge is 2.17. The second-order valence-electron chi connectivity index (χ2n) is 3.65. The van der Waals surface area contributed by atoms with Gasteiger partial charge in [-0.3, -0.25) is 4.79 Å². The number of aromatic amines is 1. The quantitative estimate of drug-likeness (QED) is 0.598. The van der Waals surface area contributed by atoms with Crippen LogP contribution in [0.1, 0.15) is 26.4 Å². The average molecular weight is 309 g/mol. The van der Waals surface area contributed by atoms with Crippen LogP contribution in [0.5, 0.6) is 0 Å². The van der Waals surface area contributed by atoms with Gasteiger partial charge in [0.1, 0.15) is 5.69 Å². The molecule has 0 aliphatic carbocycles. The summed E-state index contributed by atoms with van der Waals surface area (Å²) >= 11 is 3.24. The normalized spacial score (nSPS) is 10.3. The standard InChI is InChI=1S/C12H9BrN2O3/c13-10-7(2-1-3-8(10)14)11(16)6-4-9(12(17)18)15-5-6/h1-5,15H,14H2,(H,17,18). The number of nitrogens with two attached hydrogens (primary N) is 1. The number of rotatable bonds is 3. The summed E-state index contributed by atoms with van der Waals surface area (Å²) in [7, 11) is 0. The number of nitrogens with one attached hydrogen (secondary N) is 1. The zero-order valence-corrected chi connectivity index (χ0v) is 10.7. The predicted molar refractivity (Wildman–Crippen MR) is 69.7 cm³/mol. The fraction of sp³-hybridized carbons (Fsp3) is 0. The van der Waals surface area contributed by atoms with Gasteiger partial charge in [-0.15, -0.1) is 0 Å². The number of ketones is 1. The van der Waals surface area contributed by atoms with Crippen molar-refractivity contribution in [2.75, 3.05) is 5.73 Å². The number of halogens is 1. The lowest BCUT2D eigenvalue weighted by Crippen LogP contribution is -2.03. The van der Waals surface area contributed by atoms with Crippen LogP contribution in [0.4, 0.5) is 5.69 Å². The molecule has 1 aromatic heterocycles. The lowest BCUT2D eigenvalue weighted by molar-refractivity contribution is 0.0691. The topological polar surface area (TPSA) is 96.2 Å². The SMILES string of the molecule is Nc1cccc(C(=O)c2c[nH]c(C(=O)O)c2)c1Br. The van der Waals surface area contributed by atoms with Crippen LogP contribution >= 0.6 is 15.9 Å². The van der Waals surface area contributed by atoms with E-state index in [1.807, 2.05) is 0 Å². The molecule has 92 valence electrons. The molecule has 5 nitrogen and oxygen atoms in total. The van der Waals surface area contributed by atoms with Crippen LogP contribution in [0.2, 0.25) is 0 Å². The van der Waals surface area contributed by atoms with Crippen LogP contribution in [-0.2, 0) is 0 Å². The largest absolute Gasteiger partial charge is 0.477 e. The van der Waals surface area contributed by atoms with Crippen molar-refractivity contribution >= 4 is 33.4 Å². The van der Waals surface area contributed by atoms with Gasteiger partial charge < -0.3 is 15.8 Å². The number of anilines is 1. The summed E-state index contributed by atoms with van der Waals surface area (Å²) in [5, 5.41) is 8.78. The Hall–Kier alpha value is -2.08. The van der Waals surface area contributed by atoms with Crippen LogP contribution in [0.25, 0.3) is 0 Å². The predicted octanol–water partition coefficient (Wildman–Crippen LogP) is 2.29. The molecule has 0 fully saturated rings. The summed E-state index contributed by atoms with van der Waals surface area (Å²) in [5.74, 6) is -1.40. The second kappa shape index (κ2) is 4.66. The fourth-order valence-electron chi connectivity index (χ4n) is 1.53. The molecule has 2 rings (SSSR count). The van der Waals surface area contributed by atoms with E-state index in [1.54, 1.807) is 18.2 Å². The molecule has 2 aromatic rings. The van der Waals surface area contributed by atoms with Gasteiger partial charge >= 0.3 is 5.97 Å². The second-order valence-corrected chi connectivity index (χ2v) is 4.44. The molecule has 0 amide bonds. The van der Waals surface area contributed by atoms with Gasteiger partial charge in [-0.25, -0.2) is 4.79 Å². The molecule has 1 heterocycles. The van der Waals surface area contributed by atoms with Crippen molar-refractivity contribution in [1.82, 2.24) is 4.98 Å². The molecule has 0 saturated heterocycles. The third kappa shape index (κ3) is 2.14. The fourth-order valence-corrected chi connectivity index (χ4v) is 1.97. The Labute approximate surface area is 111 Å². The summed E-state index contributed by atoms with van der Waals surface area (Å²) in [6.45, 7) is 0. The van der Waals surface area contributed by atoms with Crippen molar-refractivity contribution in [2.45, 2.75) is 0 Å². The Bertz CT molecular complexity index is 634. The van der Waals surface area contributed by atoms with Gasteiger partial charge in [0, 0.05) is 23.0 Å². The van der Waals surface area contributed by atoms with Crippen LogP contribution in [0, 0.1) is 0 Å². The molecule has 0 aliphatic rings. The third-order valence-electron chi connectivity index (χ3n) is 2.45. The molecule has 0 atom stereocenters. The minimum absolute atomic E-state index is 0.0293. The summed E-state index contributed by atoms with van der Waals surface area (Å²) in [4.78, 5) is 25.4. The van der Waals surface area contributed by atoms with Gasteiger partial charge in [0.25, 0.3) is 0 Å². The minimum atomic E-state index is -1.11. The molecule has 6 heteroatoms. The average Bonchev–Trinajstić information content (AvgIpc) is 2.81. The van der Waals surface area contributed by atoms with E-state index in [-0.39, 0.29) is 17.0 Å². The van der Waals surface area contributed by atoms with E-state index in [2.05, 4.69) is 20.9 Å². The van der Waals surface area contributed by atoms with Crippen LogP contribution in [0.3, 0.4) is 0 Å². The maximum atomic E-state index is 12.2. The lowest BCUT2D eigenvalue weighted by Gasteiger charge is -2.04. The number of carbonyl (C=O) groups is 2. The van der Waals surface area contributed by atoms with E-state index in [4.69, 9.17) is 10.8 Å². The van der Waals surface area contributed by atoms with Gasteiger partial charge in [0.15, 0.2) is 5.78 Å². The third-order valence-corrected chi connectivity index (χ3v) is 3.33. The van der Waals surface area contributed by atoms with Crippen molar-refractivity contribution in [3.8, 4) is 0 Å². The van der Waals surface area contributed by atoms with Crippen molar-refractivity contribution < 1.29 is 14.7 Å². The first kappa shape index (κ1) is 12.4. The Balaban J connectivity index is 2.41. The Morgan fingerprint density at radius 1 is 1.33 bits per heavy atom. The van der Waals surface area contributed by atoms with Crippen molar-refractivity contribution in [3.05, 3.63) is 51.8 Å². The molecular weight excluding hydrogens is 300 g/mol. The first-order chi connectivity index (χ1) is 8.50. The van der Waals surface area contributed by atoms with E-state index < -0.39 is 5.97 Å². The molecule has 0 aliphatic heterocycles. The maximum absolute atomic E-state index is 12.2. The minimum Gasteiger partial charge on any atom is -0.477 e. The molecule has 0 bridgehead atoms. The molecule has 0 unspecified atom stereocenters. The number of nitrogen functional groups attached to an aromatic ring is 1. The number of H-pyrrole nitrogens is 1. The number of aromatic nitrogens is 1. The number of aromatic carboxylic acids is 1. The van der Waals surface area contributed by atoms with Crippen molar-refractivity contribution in [3.63, 3.8) is 0 Å². The Morgan fingerprint density at radius 3 is 2.67 bits per heavy atom. The molecule has 0 spiro atoms. The number of carboxylic acid groups (broad SMARTS) is 1. The maximum Gasteiger partial charge on any atom is 0.352 e. The van der Waals surface area contributed by atoms with E-state index >= 15 is 0 Å². The molecule has 0 radical (unpaired) electrons. The molecular formula is C12H9BrN2O3. The zero-order chi connectivity index (χ0) is 13.3. The molecule has 0 saturated carbocycles. The molecule has 18 heavy (non-hydrogen) atoms. The highest BCUT2D eigenvalue weighted by molar-refractivity contribution is 9.10. The summed E-state index contributed by atoms with van der Waals surface area (Å²) in [6.07, 6.45) is 1.36. The number of hydrogen-bond acceptors (Lipinski definition) is 3. The highest BCUT2D eigenvalue weighted by Crippen LogP contribution is 2.26. The van der Waals surface area contributed by atoms with Crippen LogP contribution in [-0.4, -0.2) is 21.8 Å². The van der Waals surface area contributed by atoms with Gasteiger partial charge in [-0.05, 0) is 34.1 Å². The Kier molecular flexibility index (Phi) is 3.20. The zero-order valence-electron chi connectivity index (χ0n) is 9.11. The van der Waals surface area contributed by atoms with E-state index in [0.717, 1.165) is 0 Å². The van der Waals surface area contributed by atoms with Crippen molar-refractivity contribution in [2.24, 2.45) is 0 Å². The molecule has 4 N–H and O–H groups in total. The number of carbonyl (C=O) groups excluding carboxylic acids is 1. The monoisotopic (exact) mass is 308 g/mol. The smallest absolute Gasteiger partial charge is 0.352 e. The van der Waals surface area contributed by atoms with E-state index in [1.165, 1.54) is 12.3 Å². The van der Waals surface area contributed by atoms with Crippen LogP contribution in [0.15, 0.2) is 34.9 Å². The van der Waals surface area contributed by atoms with Crippen LogP contribution < -0.4 is 5.73 Å². The first-order valence-electron chi connectivity index (χ1n) is 5.01. The highest BCUT2D eigenvalue weighted by atomic mass is 79.9. The summed E-state index contributed by atoms with van der Waals surface area (Å²) in [5.41, 5.74) is 6.78. The van der Waals surface area contributed by atoms with Gasteiger partial charge in [0.05, 0.1) is 4.47 Å². The van der Waals surface area contributed by atoms with Crippen molar-refractivity contribution in [1.29, 1.82) is 0 Å². The Morgan fingerprint density at radius 2 is 2.06 bits per heavy atom. The number of hydrogen-bond donors (Lipinski definition) is 3. The number of carboxylic acids is 1. The summed E-state index contributed by atoms with van der Waals surface area (Å²) < 4.78 is 0.507. The van der Waals surface area contributed by atoms with Gasteiger partial charge in [-0.2, -0.15) is 0 Å². The lowest BCUT2D eigenvalue weighted by atomic mass is 10.1. The summed E-state index contributed by atoms with van der Waals surface area (Å²) in [6, 6.07) is 6.25. The molecule has 1 aromatic carbocycles. The van der Waals surface area contributed by atoms with E-state index in [0.29, 0.717) is 15.7 Å². The van der Waals surface area contributed by atoms with E-state index in [9.17, 15) is 9.59 Å². The van der Waals surface area contributed by atoms with Gasteiger partial charge in [0.2, 0.25) is 0 Å².